The molecule has 27 heavy (non-hydrogen) atoms. The van der Waals surface area contributed by atoms with Crippen molar-refractivity contribution in [2.24, 2.45) is 4.99 Å². The molecule has 0 bridgehead atoms. The molecule has 0 radical (unpaired) electrons. The molecule has 0 aliphatic rings. The van der Waals surface area contributed by atoms with Crippen molar-refractivity contribution in [1.29, 1.82) is 0 Å². The number of hydrogen-bond acceptors (Lipinski definition) is 3. The number of hydrogen-bond donors (Lipinski definition) is 0. The minimum Gasteiger partial charge on any atom is -0.494 e. The highest BCUT2D eigenvalue weighted by Gasteiger charge is 2.09. The Bertz CT molecular complexity index is 1020. The van der Waals surface area contributed by atoms with Gasteiger partial charge in [-0.05, 0) is 48.9 Å². The molecule has 1 aromatic heterocycles. The third-order valence-electron chi connectivity index (χ3n) is 4.02. The smallest absolute Gasteiger partial charge is 0.279 e. The van der Waals surface area contributed by atoms with Gasteiger partial charge in [0.25, 0.3) is 5.91 Å². The molecule has 0 atom stereocenters. The molecule has 140 valence electrons. The van der Waals surface area contributed by atoms with Crippen molar-refractivity contribution in [1.82, 2.24) is 4.57 Å². The normalized spacial score (nSPS) is 11.7. The molecule has 4 nitrogen and oxygen atoms in total. The Labute approximate surface area is 171 Å². The number of carbonyl (C=O) groups is 1. The lowest BCUT2D eigenvalue weighted by atomic mass is 10.2. The Morgan fingerprint density at radius 1 is 1.30 bits per heavy atom. The van der Waals surface area contributed by atoms with Crippen LogP contribution >= 0.6 is 27.3 Å². The largest absolute Gasteiger partial charge is 0.494 e. The minimum absolute atomic E-state index is 0.265. The van der Waals surface area contributed by atoms with Gasteiger partial charge in [-0.1, -0.05) is 46.7 Å². The van der Waals surface area contributed by atoms with Crippen LogP contribution in [0.1, 0.15) is 30.1 Å². The van der Waals surface area contributed by atoms with Crippen molar-refractivity contribution >= 4 is 43.4 Å². The number of carbonyl (C=O) groups excluding carboxylic acids is 1. The number of aromatic nitrogens is 1. The van der Waals surface area contributed by atoms with Gasteiger partial charge in [0.05, 0.1) is 16.8 Å². The molecular weight excluding hydrogens is 424 g/mol. The van der Waals surface area contributed by atoms with Gasteiger partial charge in [0.15, 0.2) is 4.80 Å². The van der Waals surface area contributed by atoms with Crippen molar-refractivity contribution < 1.29 is 9.53 Å². The predicted molar refractivity (Wildman–Crippen MR) is 114 cm³/mol. The number of fused-ring (bicyclic) bond motifs is 1. The summed E-state index contributed by atoms with van der Waals surface area (Å²) in [6.45, 7) is 7.22. The molecule has 0 spiro atoms. The Hall–Kier alpha value is -2.18. The van der Waals surface area contributed by atoms with Crippen LogP contribution in [0.5, 0.6) is 5.75 Å². The van der Waals surface area contributed by atoms with Gasteiger partial charge in [0, 0.05) is 16.6 Å². The molecule has 0 saturated carbocycles. The summed E-state index contributed by atoms with van der Waals surface area (Å²) in [6, 6.07) is 13.2. The van der Waals surface area contributed by atoms with Crippen LogP contribution in [0.3, 0.4) is 0 Å². The van der Waals surface area contributed by atoms with Gasteiger partial charge in [-0.3, -0.25) is 4.79 Å². The number of unbranched alkanes of at least 4 members (excludes halogenated alkanes) is 1. The third kappa shape index (κ3) is 4.76. The quantitative estimate of drug-likeness (QED) is 0.353. The number of thiazole rings is 1. The van der Waals surface area contributed by atoms with Crippen LogP contribution in [0.2, 0.25) is 0 Å². The third-order valence-corrected chi connectivity index (χ3v) is 5.56. The second kappa shape index (κ2) is 9.15. The predicted octanol–water partition coefficient (Wildman–Crippen LogP) is 5.57. The Morgan fingerprint density at radius 2 is 2.07 bits per heavy atom. The second-order valence-corrected chi connectivity index (χ2v) is 7.96. The first-order valence-electron chi connectivity index (χ1n) is 8.84. The fourth-order valence-corrected chi connectivity index (χ4v) is 4.21. The summed E-state index contributed by atoms with van der Waals surface area (Å²) in [5.41, 5.74) is 1.58. The standard InChI is InChI=1S/C21H21BrN2O2S/c1-3-5-13-26-17-9-6-15(7-10-17)20(25)23-21-24(12-4-2)18-11-8-16(22)14-19(18)27-21/h4,6-11,14H,2-3,5,12-13H2,1H3. The van der Waals surface area contributed by atoms with Gasteiger partial charge in [-0.15, -0.1) is 6.58 Å². The number of allylic oxidation sites excluding steroid dienone is 1. The van der Waals surface area contributed by atoms with E-state index in [0.29, 0.717) is 23.5 Å². The Balaban J connectivity index is 1.90. The van der Waals surface area contributed by atoms with E-state index in [0.717, 1.165) is 33.3 Å². The van der Waals surface area contributed by atoms with E-state index in [1.54, 1.807) is 18.2 Å². The van der Waals surface area contributed by atoms with Crippen LogP contribution in [0.25, 0.3) is 10.2 Å². The Kier molecular flexibility index (Phi) is 6.63. The molecular formula is C21H21BrN2O2S. The van der Waals surface area contributed by atoms with E-state index in [9.17, 15) is 4.79 Å². The molecule has 1 amide bonds. The van der Waals surface area contributed by atoms with Gasteiger partial charge in [-0.2, -0.15) is 4.99 Å². The Morgan fingerprint density at radius 3 is 2.78 bits per heavy atom. The van der Waals surface area contributed by atoms with Crippen molar-refractivity contribution in [2.75, 3.05) is 6.61 Å². The first-order valence-corrected chi connectivity index (χ1v) is 10.4. The topological polar surface area (TPSA) is 43.6 Å². The average molecular weight is 445 g/mol. The van der Waals surface area contributed by atoms with E-state index in [1.165, 1.54) is 11.3 Å². The minimum atomic E-state index is -0.265. The van der Waals surface area contributed by atoms with E-state index in [-0.39, 0.29) is 5.91 Å². The maximum Gasteiger partial charge on any atom is 0.279 e. The highest BCUT2D eigenvalue weighted by Crippen LogP contribution is 2.22. The van der Waals surface area contributed by atoms with Crippen LogP contribution in [-0.2, 0) is 6.54 Å². The molecule has 2 aromatic carbocycles. The van der Waals surface area contributed by atoms with Crippen molar-refractivity contribution in [3.63, 3.8) is 0 Å². The van der Waals surface area contributed by atoms with Crippen molar-refractivity contribution in [3.05, 3.63) is 70.0 Å². The zero-order valence-corrected chi connectivity index (χ0v) is 17.6. The summed E-state index contributed by atoms with van der Waals surface area (Å²) >= 11 is 4.98. The summed E-state index contributed by atoms with van der Waals surface area (Å²) in [6.07, 6.45) is 3.91. The van der Waals surface area contributed by atoms with Gasteiger partial charge >= 0.3 is 0 Å². The number of rotatable bonds is 7. The average Bonchev–Trinajstić information content (AvgIpc) is 2.99. The molecule has 0 fully saturated rings. The van der Waals surface area contributed by atoms with Crippen LogP contribution in [0, 0.1) is 0 Å². The fraction of sp³-hybridized carbons (Fsp3) is 0.238. The molecule has 1 heterocycles. The first-order chi connectivity index (χ1) is 13.1. The van der Waals surface area contributed by atoms with Crippen LogP contribution in [-0.4, -0.2) is 17.1 Å². The molecule has 6 heteroatoms. The molecule has 3 aromatic rings. The first kappa shape index (κ1) is 19.6. The summed E-state index contributed by atoms with van der Waals surface area (Å²) in [5.74, 6) is 0.506. The highest BCUT2D eigenvalue weighted by atomic mass is 79.9. The van der Waals surface area contributed by atoms with E-state index < -0.39 is 0 Å². The zero-order chi connectivity index (χ0) is 19.2. The summed E-state index contributed by atoms with van der Waals surface area (Å²) in [5, 5.41) is 0. The number of benzene rings is 2. The number of ether oxygens (including phenoxy) is 1. The van der Waals surface area contributed by atoms with E-state index >= 15 is 0 Å². The number of amides is 1. The summed E-state index contributed by atoms with van der Waals surface area (Å²) in [4.78, 5) is 17.7. The lowest BCUT2D eigenvalue weighted by molar-refractivity contribution is 0.0998. The molecule has 0 aliphatic heterocycles. The SMILES string of the molecule is C=CCn1c(=NC(=O)c2ccc(OCCCC)cc2)sc2cc(Br)ccc21. The van der Waals surface area contributed by atoms with Gasteiger partial charge < -0.3 is 9.30 Å². The maximum atomic E-state index is 12.6. The lowest BCUT2D eigenvalue weighted by Crippen LogP contribution is -2.16. The van der Waals surface area contributed by atoms with Crippen LogP contribution in [0.15, 0.2) is 64.6 Å². The molecule has 0 unspecified atom stereocenters. The summed E-state index contributed by atoms with van der Waals surface area (Å²) < 4.78 is 9.71. The van der Waals surface area contributed by atoms with E-state index in [2.05, 4.69) is 34.4 Å². The summed E-state index contributed by atoms with van der Waals surface area (Å²) in [7, 11) is 0. The second-order valence-electron chi connectivity index (χ2n) is 6.04. The maximum absolute atomic E-state index is 12.6. The lowest BCUT2D eigenvalue weighted by Gasteiger charge is -2.05. The zero-order valence-electron chi connectivity index (χ0n) is 15.2. The number of nitrogens with zero attached hydrogens (tertiary/aromatic N) is 2. The van der Waals surface area contributed by atoms with Gasteiger partial charge in [0.2, 0.25) is 0 Å². The monoisotopic (exact) mass is 444 g/mol. The van der Waals surface area contributed by atoms with Crippen LogP contribution < -0.4 is 9.54 Å². The molecule has 0 saturated heterocycles. The van der Waals surface area contributed by atoms with E-state index in [4.69, 9.17) is 4.74 Å². The van der Waals surface area contributed by atoms with E-state index in [1.807, 2.05) is 34.9 Å². The van der Waals surface area contributed by atoms with Crippen molar-refractivity contribution in [3.8, 4) is 5.75 Å². The molecule has 0 N–H and O–H groups in total. The van der Waals surface area contributed by atoms with Gasteiger partial charge in [-0.25, -0.2) is 0 Å². The molecule has 0 aliphatic carbocycles. The number of halogens is 1. The van der Waals surface area contributed by atoms with Crippen molar-refractivity contribution in [2.45, 2.75) is 26.3 Å². The fourth-order valence-electron chi connectivity index (χ4n) is 2.62. The highest BCUT2D eigenvalue weighted by molar-refractivity contribution is 9.10. The molecule has 3 rings (SSSR count). The van der Waals surface area contributed by atoms with Crippen LogP contribution in [0.4, 0.5) is 0 Å². The van der Waals surface area contributed by atoms with Gasteiger partial charge in [0.1, 0.15) is 5.75 Å².